The zero-order valence-corrected chi connectivity index (χ0v) is 11.4. The van der Waals surface area contributed by atoms with Gasteiger partial charge in [0.2, 0.25) is 0 Å². The molecule has 3 nitrogen and oxygen atoms in total. The van der Waals surface area contributed by atoms with Crippen LogP contribution in [0.15, 0.2) is 18.2 Å². The SMILES string of the molecule is CC1COC(=O)N1c1cc(C(F)(F)F)ccc1I. The lowest BCUT2D eigenvalue weighted by atomic mass is 10.1. The molecule has 18 heavy (non-hydrogen) atoms. The monoisotopic (exact) mass is 371 g/mol. The van der Waals surface area contributed by atoms with E-state index >= 15 is 0 Å². The van der Waals surface area contributed by atoms with Gasteiger partial charge in [-0.1, -0.05) is 0 Å². The van der Waals surface area contributed by atoms with Crippen molar-refractivity contribution in [2.45, 2.75) is 19.1 Å². The van der Waals surface area contributed by atoms with Gasteiger partial charge in [-0.2, -0.15) is 13.2 Å². The summed E-state index contributed by atoms with van der Waals surface area (Å²) in [5, 5.41) is 0. The average Bonchev–Trinajstić information content (AvgIpc) is 2.58. The minimum atomic E-state index is -4.42. The van der Waals surface area contributed by atoms with Gasteiger partial charge in [0.1, 0.15) is 6.61 Å². The van der Waals surface area contributed by atoms with Gasteiger partial charge in [-0.15, -0.1) is 0 Å². The molecule has 1 heterocycles. The number of carbonyl (C=O) groups excluding carboxylic acids is 1. The van der Waals surface area contributed by atoms with Crippen molar-refractivity contribution in [1.29, 1.82) is 0 Å². The van der Waals surface area contributed by atoms with E-state index in [1.165, 1.54) is 11.0 Å². The Balaban J connectivity index is 2.47. The summed E-state index contributed by atoms with van der Waals surface area (Å²) < 4.78 is 43.3. The van der Waals surface area contributed by atoms with E-state index in [1.54, 1.807) is 6.92 Å². The van der Waals surface area contributed by atoms with Gasteiger partial charge < -0.3 is 4.74 Å². The Morgan fingerprint density at radius 3 is 2.61 bits per heavy atom. The number of anilines is 1. The molecule has 1 aromatic rings. The summed E-state index contributed by atoms with van der Waals surface area (Å²) in [5.41, 5.74) is -0.537. The summed E-state index contributed by atoms with van der Waals surface area (Å²) in [6.07, 6.45) is -5.04. The summed E-state index contributed by atoms with van der Waals surface area (Å²) in [5.74, 6) is 0. The molecule has 1 atom stereocenters. The molecule has 1 unspecified atom stereocenters. The number of cyclic esters (lactones) is 1. The second-order valence-electron chi connectivity index (χ2n) is 3.96. The van der Waals surface area contributed by atoms with Crippen LogP contribution in [0.3, 0.4) is 0 Å². The first-order valence-corrected chi connectivity index (χ1v) is 6.21. The quantitative estimate of drug-likeness (QED) is 0.706. The fourth-order valence-corrected chi connectivity index (χ4v) is 2.32. The van der Waals surface area contributed by atoms with E-state index in [4.69, 9.17) is 4.74 Å². The third-order valence-corrected chi connectivity index (χ3v) is 3.53. The molecule has 0 aliphatic carbocycles. The zero-order chi connectivity index (χ0) is 13.5. The topological polar surface area (TPSA) is 29.5 Å². The molecule has 7 heteroatoms. The Bertz CT molecular complexity index is 490. The molecule has 0 N–H and O–H groups in total. The molecule has 1 aliphatic heterocycles. The lowest BCUT2D eigenvalue weighted by Gasteiger charge is -2.21. The lowest BCUT2D eigenvalue weighted by molar-refractivity contribution is -0.137. The number of carbonyl (C=O) groups is 1. The van der Waals surface area contributed by atoms with Gasteiger partial charge in [-0.05, 0) is 47.7 Å². The molecular formula is C11H9F3INO2. The third-order valence-electron chi connectivity index (χ3n) is 2.62. The molecule has 0 radical (unpaired) electrons. The number of amides is 1. The highest BCUT2D eigenvalue weighted by molar-refractivity contribution is 14.1. The number of ether oxygens (including phenoxy) is 1. The Morgan fingerprint density at radius 1 is 1.44 bits per heavy atom. The average molecular weight is 371 g/mol. The van der Waals surface area contributed by atoms with E-state index < -0.39 is 17.8 Å². The number of nitrogens with zero attached hydrogens (tertiary/aromatic N) is 1. The first-order valence-electron chi connectivity index (χ1n) is 5.13. The standard InChI is InChI=1S/C11H9F3INO2/c1-6-5-18-10(17)16(6)9-4-7(11(12,13)14)2-3-8(9)15/h2-4,6H,5H2,1H3. The molecule has 0 spiro atoms. The van der Waals surface area contributed by atoms with Crippen molar-refractivity contribution in [3.8, 4) is 0 Å². The van der Waals surface area contributed by atoms with Crippen molar-refractivity contribution in [3.05, 3.63) is 27.3 Å². The Labute approximate surface area is 115 Å². The summed E-state index contributed by atoms with van der Waals surface area (Å²) in [7, 11) is 0. The summed E-state index contributed by atoms with van der Waals surface area (Å²) in [4.78, 5) is 12.8. The van der Waals surface area contributed by atoms with Gasteiger partial charge in [0, 0.05) is 3.57 Å². The number of rotatable bonds is 1. The first-order chi connectivity index (χ1) is 8.30. The Hall–Kier alpha value is -0.990. The van der Waals surface area contributed by atoms with Gasteiger partial charge in [-0.3, -0.25) is 4.90 Å². The zero-order valence-electron chi connectivity index (χ0n) is 9.29. The van der Waals surface area contributed by atoms with Crippen LogP contribution in [0.1, 0.15) is 12.5 Å². The highest BCUT2D eigenvalue weighted by Crippen LogP contribution is 2.35. The minimum Gasteiger partial charge on any atom is -0.447 e. The number of benzene rings is 1. The van der Waals surface area contributed by atoms with Crippen LogP contribution in [-0.2, 0) is 10.9 Å². The number of alkyl halides is 3. The molecule has 98 valence electrons. The molecule has 0 saturated carbocycles. The first kappa shape index (κ1) is 13.4. The van der Waals surface area contributed by atoms with Crippen LogP contribution < -0.4 is 4.90 Å². The van der Waals surface area contributed by atoms with Crippen molar-refractivity contribution >= 4 is 34.4 Å². The van der Waals surface area contributed by atoms with Crippen LogP contribution in [0.4, 0.5) is 23.7 Å². The second-order valence-corrected chi connectivity index (χ2v) is 5.12. The van der Waals surface area contributed by atoms with Crippen LogP contribution in [0.5, 0.6) is 0 Å². The second kappa shape index (κ2) is 4.60. The van der Waals surface area contributed by atoms with E-state index in [2.05, 4.69) is 0 Å². The molecule has 0 bridgehead atoms. The molecule has 2 rings (SSSR count). The van der Waals surface area contributed by atoms with Crippen molar-refractivity contribution in [2.24, 2.45) is 0 Å². The largest absolute Gasteiger partial charge is 0.447 e. The normalized spacial score (nSPS) is 20.2. The van der Waals surface area contributed by atoms with E-state index in [1.807, 2.05) is 22.6 Å². The molecule has 1 aliphatic rings. The van der Waals surface area contributed by atoms with E-state index in [0.717, 1.165) is 12.1 Å². The number of hydrogen-bond acceptors (Lipinski definition) is 2. The molecule has 1 fully saturated rings. The van der Waals surface area contributed by atoms with E-state index in [9.17, 15) is 18.0 Å². The third kappa shape index (κ3) is 2.40. The number of hydrogen-bond donors (Lipinski definition) is 0. The minimum absolute atomic E-state index is 0.186. The van der Waals surface area contributed by atoms with E-state index in [-0.39, 0.29) is 18.3 Å². The summed E-state index contributed by atoms with van der Waals surface area (Å²) >= 11 is 1.90. The molecule has 1 aromatic carbocycles. The van der Waals surface area contributed by atoms with Gasteiger partial charge in [0.15, 0.2) is 0 Å². The molecular weight excluding hydrogens is 362 g/mol. The summed E-state index contributed by atoms with van der Waals surface area (Å²) in [6, 6.07) is 3.05. The highest BCUT2D eigenvalue weighted by atomic mass is 127. The van der Waals surface area contributed by atoms with Crippen molar-refractivity contribution < 1.29 is 22.7 Å². The fourth-order valence-electron chi connectivity index (χ4n) is 1.73. The molecule has 1 amide bonds. The predicted octanol–water partition coefficient (Wildman–Crippen LogP) is 3.66. The van der Waals surface area contributed by atoms with Crippen LogP contribution >= 0.6 is 22.6 Å². The van der Waals surface area contributed by atoms with Gasteiger partial charge in [0.05, 0.1) is 17.3 Å². The van der Waals surface area contributed by atoms with E-state index in [0.29, 0.717) is 3.57 Å². The van der Waals surface area contributed by atoms with Gasteiger partial charge in [-0.25, -0.2) is 4.79 Å². The maximum absolute atomic E-state index is 12.6. The van der Waals surface area contributed by atoms with Crippen molar-refractivity contribution in [1.82, 2.24) is 0 Å². The predicted molar refractivity (Wildman–Crippen MR) is 67.5 cm³/mol. The maximum Gasteiger partial charge on any atom is 0.416 e. The van der Waals surface area contributed by atoms with Crippen molar-refractivity contribution in [2.75, 3.05) is 11.5 Å². The lowest BCUT2D eigenvalue weighted by Crippen LogP contribution is -2.31. The highest BCUT2D eigenvalue weighted by Gasteiger charge is 2.35. The van der Waals surface area contributed by atoms with Crippen LogP contribution in [-0.4, -0.2) is 18.7 Å². The van der Waals surface area contributed by atoms with Crippen LogP contribution in [0.2, 0.25) is 0 Å². The smallest absolute Gasteiger partial charge is 0.416 e. The maximum atomic E-state index is 12.6. The van der Waals surface area contributed by atoms with Crippen molar-refractivity contribution in [3.63, 3.8) is 0 Å². The Kier molecular flexibility index (Phi) is 3.43. The summed E-state index contributed by atoms with van der Waals surface area (Å²) in [6.45, 7) is 1.91. The van der Waals surface area contributed by atoms with Gasteiger partial charge >= 0.3 is 12.3 Å². The van der Waals surface area contributed by atoms with Gasteiger partial charge in [0.25, 0.3) is 0 Å². The fraction of sp³-hybridized carbons (Fsp3) is 0.364. The Morgan fingerprint density at radius 2 is 2.11 bits per heavy atom. The van der Waals surface area contributed by atoms with Crippen LogP contribution in [0, 0.1) is 3.57 Å². The molecule has 0 aromatic heterocycles. The number of halogens is 4. The van der Waals surface area contributed by atoms with Crippen LogP contribution in [0.25, 0.3) is 0 Å². The molecule has 1 saturated heterocycles.